The Balaban J connectivity index is 1.49. The summed E-state index contributed by atoms with van der Waals surface area (Å²) in [7, 11) is 0. The number of carbonyl (C=O) groups excluding carboxylic acids is 1. The smallest absolute Gasteiger partial charge is 0.410 e. The zero-order valence-electron chi connectivity index (χ0n) is 14.4. The molecule has 1 saturated heterocycles. The lowest BCUT2D eigenvalue weighted by atomic mass is 9.93. The number of anilines is 1. The molecule has 1 unspecified atom stereocenters. The molecule has 0 saturated carbocycles. The van der Waals surface area contributed by atoms with Crippen molar-refractivity contribution >= 4 is 23.6 Å². The quantitative estimate of drug-likeness (QED) is 0.831. The molecule has 9 heteroatoms. The van der Waals surface area contributed by atoms with Gasteiger partial charge in [-0.3, -0.25) is 0 Å². The van der Waals surface area contributed by atoms with Crippen LogP contribution in [-0.4, -0.2) is 46.5 Å². The Morgan fingerprint density at radius 1 is 1.30 bits per heavy atom. The van der Waals surface area contributed by atoms with Gasteiger partial charge in [0.05, 0.1) is 6.54 Å². The van der Waals surface area contributed by atoms with E-state index in [1.807, 2.05) is 0 Å². The number of rotatable bonds is 5. The second-order valence-corrected chi connectivity index (χ2v) is 6.74. The number of likely N-dealkylation sites (tertiary alicyclic amines) is 1. The van der Waals surface area contributed by atoms with Gasteiger partial charge in [0.25, 0.3) is 5.92 Å². The van der Waals surface area contributed by atoms with E-state index in [0.717, 1.165) is 10.5 Å². The van der Waals surface area contributed by atoms with Crippen LogP contribution in [0.4, 0.5) is 19.5 Å². The summed E-state index contributed by atoms with van der Waals surface area (Å²) in [5.41, 5.74) is 0.737. The van der Waals surface area contributed by atoms with Crippen molar-refractivity contribution in [2.24, 2.45) is 5.92 Å². The highest BCUT2D eigenvalue weighted by molar-refractivity contribution is 6.30. The Labute approximate surface area is 160 Å². The average Bonchev–Trinajstić information content (AvgIpc) is 2.66. The lowest BCUT2D eigenvalue weighted by Gasteiger charge is -2.37. The van der Waals surface area contributed by atoms with E-state index in [-0.39, 0.29) is 26.1 Å². The van der Waals surface area contributed by atoms with Crippen molar-refractivity contribution in [2.75, 3.05) is 25.0 Å². The molecule has 0 aliphatic carbocycles. The molecule has 1 fully saturated rings. The van der Waals surface area contributed by atoms with Gasteiger partial charge in [-0.25, -0.2) is 23.5 Å². The number of hydrogen-bond donors (Lipinski definition) is 1. The number of hydrogen-bond acceptors (Lipinski definition) is 5. The first-order valence-electron chi connectivity index (χ1n) is 8.49. The molecule has 0 radical (unpaired) electrons. The molecule has 1 aliphatic heterocycles. The van der Waals surface area contributed by atoms with Crippen molar-refractivity contribution in [1.29, 1.82) is 0 Å². The molecule has 0 bridgehead atoms. The maximum Gasteiger partial charge on any atom is 0.410 e. The summed E-state index contributed by atoms with van der Waals surface area (Å²) in [6, 6.07) is 8.43. The van der Waals surface area contributed by atoms with Crippen molar-refractivity contribution in [3.63, 3.8) is 0 Å². The van der Waals surface area contributed by atoms with Crippen LogP contribution in [0.1, 0.15) is 12.0 Å². The van der Waals surface area contributed by atoms with Crippen LogP contribution in [0.3, 0.4) is 0 Å². The number of benzene rings is 1. The summed E-state index contributed by atoms with van der Waals surface area (Å²) >= 11 is 5.79. The topological polar surface area (TPSA) is 67.3 Å². The van der Waals surface area contributed by atoms with E-state index in [0.29, 0.717) is 11.0 Å². The third kappa shape index (κ3) is 5.26. The first-order valence-corrected chi connectivity index (χ1v) is 8.87. The summed E-state index contributed by atoms with van der Waals surface area (Å²) in [5.74, 6) is -3.64. The van der Waals surface area contributed by atoms with E-state index in [9.17, 15) is 13.6 Å². The van der Waals surface area contributed by atoms with Crippen molar-refractivity contribution in [3.05, 3.63) is 53.3 Å². The number of ether oxygens (including phenoxy) is 1. The number of nitrogens with one attached hydrogen (secondary N) is 1. The van der Waals surface area contributed by atoms with Crippen LogP contribution in [0.5, 0.6) is 0 Å². The fourth-order valence-electron chi connectivity index (χ4n) is 2.81. The minimum absolute atomic E-state index is 0.00834. The van der Waals surface area contributed by atoms with Crippen LogP contribution in [0.15, 0.2) is 42.7 Å². The highest BCUT2D eigenvalue weighted by Gasteiger charge is 2.46. The normalized spacial score (nSPS) is 18.8. The van der Waals surface area contributed by atoms with Gasteiger partial charge in [0.2, 0.25) is 5.95 Å². The van der Waals surface area contributed by atoms with Crippen molar-refractivity contribution in [3.8, 4) is 0 Å². The van der Waals surface area contributed by atoms with Gasteiger partial charge >= 0.3 is 6.09 Å². The van der Waals surface area contributed by atoms with Gasteiger partial charge in [0.15, 0.2) is 0 Å². The molecule has 144 valence electrons. The molecule has 2 aromatic rings. The minimum Gasteiger partial charge on any atom is -0.445 e. The molecule has 1 aromatic heterocycles. The third-order valence-electron chi connectivity index (χ3n) is 4.35. The highest BCUT2D eigenvalue weighted by Crippen LogP contribution is 2.33. The molecular formula is C18H19ClF2N4O2. The molecule has 2 heterocycles. The summed E-state index contributed by atoms with van der Waals surface area (Å²) < 4.78 is 34.0. The predicted octanol–water partition coefficient (Wildman–Crippen LogP) is 3.84. The number of amides is 1. The fraction of sp³-hybridized carbons (Fsp3) is 0.389. The number of nitrogens with zero attached hydrogens (tertiary/aromatic N) is 3. The Morgan fingerprint density at radius 2 is 2.00 bits per heavy atom. The molecule has 0 spiro atoms. The van der Waals surface area contributed by atoms with Crippen LogP contribution >= 0.6 is 11.6 Å². The van der Waals surface area contributed by atoms with Gasteiger partial charge in [0, 0.05) is 36.4 Å². The number of alkyl halides is 2. The maximum atomic E-state index is 14.4. The summed E-state index contributed by atoms with van der Waals surface area (Å²) in [6.07, 6.45) is 2.48. The zero-order valence-corrected chi connectivity index (χ0v) is 15.2. The Bertz CT molecular complexity index is 762. The molecule has 1 atom stereocenters. The van der Waals surface area contributed by atoms with Gasteiger partial charge in [-0.2, -0.15) is 0 Å². The number of aromatic nitrogens is 2. The SMILES string of the molecule is O=C(OCc1ccc(Cl)cc1)N1CCC(CNc2ncccn2)C(F)(F)C1. The van der Waals surface area contributed by atoms with Crippen LogP contribution in [0.25, 0.3) is 0 Å². The Kier molecular flexibility index (Phi) is 6.05. The third-order valence-corrected chi connectivity index (χ3v) is 4.60. The van der Waals surface area contributed by atoms with Gasteiger partial charge in [0.1, 0.15) is 6.61 Å². The van der Waals surface area contributed by atoms with E-state index < -0.39 is 24.5 Å². The van der Waals surface area contributed by atoms with Crippen LogP contribution in [-0.2, 0) is 11.3 Å². The molecule has 1 N–H and O–H groups in total. The summed E-state index contributed by atoms with van der Waals surface area (Å²) in [5, 5.41) is 3.39. The Hall–Kier alpha value is -2.48. The van der Waals surface area contributed by atoms with E-state index >= 15 is 0 Å². The second kappa shape index (κ2) is 8.47. The molecular weight excluding hydrogens is 378 g/mol. The fourth-order valence-corrected chi connectivity index (χ4v) is 2.94. The maximum absolute atomic E-state index is 14.4. The van der Waals surface area contributed by atoms with E-state index in [1.165, 1.54) is 12.4 Å². The van der Waals surface area contributed by atoms with E-state index in [4.69, 9.17) is 16.3 Å². The number of piperidine rings is 1. The van der Waals surface area contributed by atoms with Crippen LogP contribution in [0.2, 0.25) is 5.02 Å². The van der Waals surface area contributed by atoms with Gasteiger partial charge < -0.3 is 15.0 Å². The van der Waals surface area contributed by atoms with Gasteiger partial charge in [-0.05, 0) is 30.2 Å². The lowest BCUT2D eigenvalue weighted by Crippen LogP contribution is -2.52. The molecule has 3 rings (SSSR count). The van der Waals surface area contributed by atoms with E-state index in [1.54, 1.807) is 30.3 Å². The highest BCUT2D eigenvalue weighted by atomic mass is 35.5. The largest absolute Gasteiger partial charge is 0.445 e. The molecule has 1 amide bonds. The van der Waals surface area contributed by atoms with E-state index in [2.05, 4.69) is 15.3 Å². The minimum atomic E-state index is -3.03. The average molecular weight is 397 g/mol. The molecule has 6 nitrogen and oxygen atoms in total. The first-order chi connectivity index (χ1) is 12.9. The second-order valence-electron chi connectivity index (χ2n) is 6.30. The molecule has 1 aliphatic rings. The first kappa shape index (κ1) is 19.3. The van der Waals surface area contributed by atoms with Crippen molar-refractivity contribution in [2.45, 2.75) is 19.0 Å². The zero-order chi connectivity index (χ0) is 19.3. The standard InChI is InChI=1S/C18H19ClF2N4O2/c19-15-4-2-13(3-5-15)11-27-17(26)25-9-6-14(18(20,21)12-25)10-24-16-22-7-1-8-23-16/h1-5,7-8,14H,6,9-12H2,(H,22,23,24). The monoisotopic (exact) mass is 396 g/mol. The van der Waals surface area contributed by atoms with Crippen molar-refractivity contribution in [1.82, 2.24) is 14.9 Å². The Morgan fingerprint density at radius 3 is 2.67 bits per heavy atom. The summed E-state index contributed by atoms with van der Waals surface area (Å²) in [6.45, 7) is -0.426. The number of carbonyl (C=O) groups is 1. The van der Waals surface area contributed by atoms with Gasteiger partial charge in [-0.15, -0.1) is 0 Å². The van der Waals surface area contributed by atoms with Crippen LogP contribution < -0.4 is 5.32 Å². The van der Waals surface area contributed by atoms with Gasteiger partial charge in [-0.1, -0.05) is 23.7 Å². The summed E-state index contributed by atoms with van der Waals surface area (Å²) in [4.78, 5) is 21.1. The van der Waals surface area contributed by atoms with Crippen molar-refractivity contribution < 1.29 is 18.3 Å². The lowest BCUT2D eigenvalue weighted by molar-refractivity contribution is -0.102. The predicted molar refractivity (Wildman–Crippen MR) is 96.8 cm³/mol. The van der Waals surface area contributed by atoms with Crippen LogP contribution in [0, 0.1) is 5.92 Å². The number of halogens is 3. The molecule has 27 heavy (non-hydrogen) atoms. The molecule has 1 aromatic carbocycles.